The number of rotatable bonds is 5. The van der Waals surface area contributed by atoms with Crippen molar-refractivity contribution < 1.29 is 0 Å². The highest BCUT2D eigenvalue weighted by Crippen LogP contribution is 2.25. The standard InChI is InChI=1S/C24H21N5O/c1-28(16-21-25-19-12-6-5-11-18(19)24(30)26-21)15-20-23(17-9-3-2-4-10-17)27-22-13-7-8-14-29(20)22/h2-14H,15-16H2,1H3,(H,25,26,30). The van der Waals surface area contributed by atoms with Crippen molar-refractivity contribution in [1.29, 1.82) is 0 Å². The van der Waals surface area contributed by atoms with Gasteiger partial charge in [-0.05, 0) is 31.3 Å². The fourth-order valence-corrected chi connectivity index (χ4v) is 3.80. The van der Waals surface area contributed by atoms with Gasteiger partial charge in [-0.1, -0.05) is 48.5 Å². The fraction of sp³-hybridized carbons (Fsp3) is 0.125. The SMILES string of the molecule is CN(Cc1nc2ccccc2c(=O)[nH]1)Cc1c(-c2ccccc2)nc2ccccn12. The summed E-state index contributed by atoms with van der Waals surface area (Å²) in [4.78, 5) is 26.9. The molecule has 0 atom stereocenters. The Hall–Kier alpha value is -3.77. The molecule has 0 aliphatic rings. The van der Waals surface area contributed by atoms with Crippen molar-refractivity contribution in [3.63, 3.8) is 0 Å². The molecule has 0 amide bonds. The molecular weight excluding hydrogens is 374 g/mol. The number of benzene rings is 2. The first-order chi connectivity index (χ1) is 14.7. The van der Waals surface area contributed by atoms with Gasteiger partial charge in [-0.25, -0.2) is 9.97 Å². The quantitative estimate of drug-likeness (QED) is 0.491. The van der Waals surface area contributed by atoms with Crippen LogP contribution in [0.3, 0.4) is 0 Å². The zero-order chi connectivity index (χ0) is 20.5. The van der Waals surface area contributed by atoms with Crippen LogP contribution in [0.15, 0.2) is 83.8 Å². The summed E-state index contributed by atoms with van der Waals surface area (Å²) >= 11 is 0. The second-order valence-electron chi connectivity index (χ2n) is 7.40. The van der Waals surface area contributed by atoms with E-state index < -0.39 is 0 Å². The van der Waals surface area contributed by atoms with Gasteiger partial charge in [0.25, 0.3) is 5.56 Å². The van der Waals surface area contributed by atoms with E-state index in [1.54, 1.807) is 6.07 Å². The maximum absolute atomic E-state index is 12.4. The molecule has 0 unspecified atom stereocenters. The maximum Gasteiger partial charge on any atom is 0.258 e. The van der Waals surface area contributed by atoms with E-state index in [1.165, 1.54) is 0 Å². The minimum Gasteiger partial charge on any atom is -0.309 e. The summed E-state index contributed by atoms with van der Waals surface area (Å²) in [7, 11) is 2.02. The average molecular weight is 395 g/mol. The number of nitrogens with one attached hydrogen (secondary N) is 1. The highest BCUT2D eigenvalue weighted by molar-refractivity contribution is 5.77. The van der Waals surface area contributed by atoms with Gasteiger partial charge >= 0.3 is 0 Å². The van der Waals surface area contributed by atoms with Crippen molar-refractivity contribution in [2.24, 2.45) is 0 Å². The lowest BCUT2D eigenvalue weighted by Crippen LogP contribution is -2.22. The summed E-state index contributed by atoms with van der Waals surface area (Å²) < 4.78 is 2.12. The smallest absolute Gasteiger partial charge is 0.258 e. The number of fused-ring (bicyclic) bond motifs is 2. The van der Waals surface area contributed by atoms with Crippen LogP contribution >= 0.6 is 0 Å². The molecule has 0 saturated carbocycles. The van der Waals surface area contributed by atoms with Crippen LogP contribution in [-0.4, -0.2) is 31.3 Å². The Kier molecular flexibility index (Phi) is 4.61. The molecule has 0 bridgehead atoms. The molecule has 30 heavy (non-hydrogen) atoms. The molecule has 148 valence electrons. The second-order valence-corrected chi connectivity index (χ2v) is 7.40. The van der Waals surface area contributed by atoms with E-state index in [9.17, 15) is 4.79 Å². The van der Waals surface area contributed by atoms with Gasteiger partial charge < -0.3 is 9.38 Å². The molecule has 2 aromatic carbocycles. The third kappa shape index (κ3) is 3.38. The summed E-state index contributed by atoms with van der Waals surface area (Å²) in [5.41, 5.74) is 4.67. The van der Waals surface area contributed by atoms with Gasteiger partial charge in [-0.2, -0.15) is 0 Å². The molecule has 5 rings (SSSR count). The molecule has 0 aliphatic heterocycles. The molecule has 5 aromatic rings. The number of para-hydroxylation sites is 1. The Morgan fingerprint density at radius 1 is 0.900 bits per heavy atom. The topological polar surface area (TPSA) is 66.3 Å². The Morgan fingerprint density at radius 3 is 2.53 bits per heavy atom. The number of hydrogen-bond acceptors (Lipinski definition) is 4. The van der Waals surface area contributed by atoms with Gasteiger partial charge in [0, 0.05) is 18.3 Å². The van der Waals surface area contributed by atoms with Crippen LogP contribution in [0.2, 0.25) is 0 Å². The van der Waals surface area contributed by atoms with E-state index in [1.807, 2.05) is 67.8 Å². The summed E-state index contributed by atoms with van der Waals surface area (Å²) in [6, 6.07) is 23.6. The number of aromatic nitrogens is 4. The lowest BCUT2D eigenvalue weighted by Gasteiger charge is -2.17. The molecule has 0 spiro atoms. The number of imidazole rings is 1. The zero-order valence-electron chi connectivity index (χ0n) is 16.6. The normalized spacial score (nSPS) is 11.5. The van der Waals surface area contributed by atoms with Gasteiger partial charge in [-0.3, -0.25) is 9.69 Å². The van der Waals surface area contributed by atoms with Crippen molar-refractivity contribution in [2.45, 2.75) is 13.1 Å². The Balaban J connectivity index is 1.49. The average Bonchev–Trinajstić information content (AvgIpc) is 3.13. The highest BCUT2D eigenvalue weighted by Gasteiger charge is 2.16. The molecule has 0 fully saturated rings. The molecule has 6 nitrogen and oxygen atoms in total. The van der Waals surface area contributed by atoms with Crippen LogP contribution in [-0.2, 0) is 13.1 Å². The lowest BCUT2D eigenvalue weighted by molar-refractivity contribution is 0.306. The van der Waals surface area contributed by atoms with Crippen LogP contribution in [0, 0.1) is 0 Å². The van der Waals surface area contributed by atoms with Crippen molar-refractivity contribution >= 4 is 16.6 Å². The van der Waals surface area contributed by atoms with Crippen LogP contribution in [0.25, 0.3) is 27.8 Å². The van der Waals surface area contributed by atoms with Gasteiger partial charge in [0.1, 0.15) is 11.5 Å². The predicted molar refractivity (Wildman–Crippen MR) is 118 cm³/mol. The van der Waals surface area contributed by atoms with Crippen molar-refractivity contribution in [3.8, 4) is 11.3 Å². The molecular formula is C24H21N5O. The van der Waals surface area contributed by atoms with E-state index in [-0.39, 0.29) is 5.56 Å². The summed E-state index contributed by atoms with van der Waals surface area (Å²) in [5.74, 6) is 0.649. The Morgan fingerprint density at radius 2 is 1.67 bits per heavy atom. The summed E-state index contributed by atoms with van der Waals surface area (Å²) in [6.07, 6.45) is 2.04. The highest BCUT2D eigenvalue weighted by atomic mass is 16.1. The van der Waals surface area contributed by atoms with Crippen molar-refractivity contribution in [3.05, 3.63) is 101 Å². The van der Waals surface area contributed by atoms with Crippen LogP contribution < -0.4 is 5.56 Å². The molecule has 6 heteroatoms. The van der Waals surface area contributed by atoms with Gasteiger partial charge in [0.2, 0.25) is 0 Å². The van der Waals surface area contributed by atoms with Crippen LogP contribution in [0.1, 0.15) is 11.5 Å². The number of pyridine rings is 1. The van der Waals surface area contributed by atoms with Crippen LogP contribution in [0.5, 0.6) is 0 Å². The first-order valence-corrected chi connectivity index (χ1v) is 9.87. The maximum atomic E-state index is 12.4. The molecule has 0 aliphatic carbocycles. The fourth-order valence-electron chi connectivity index (χ4n) is 3.80. The number of aromatic amines is 1. The molecule has 1 N–H and O–H groups in total. The van der Waals surface area contributed by atoms with E-state index in [2.05, 4.69) is 31.4 Å². The first-order valence-electron chi connectivity index (χ1n) is 9.87. The summed E-state index contributed by atoms with van der Waals surface area (Å²) in [6.45, 7) is 1.18. The predicted octanol–water partition coefficient (Wildman–Crippen LogP) is 3.87. The van der Waals surface area contributed by atoms with E-state index in [0.717, 1.165) is 22.6 Å². The van der Waals surface area contributed by atoms with Crippen molar-refractivity contribution in [2.75, 3.05) is 7.05 Å². The molecule has 0 radical (unpaired) electrons. The number of hydrogen-bond donors (Lipinski definition) is 1. The minimum absolute atomic E-state index is 0.108. The summed E-state index contributed by atoms with van der Waals surface area (Å²) in [5, 5.41) is 0.608. The number of nitrogens with zero attached hydrogens (tertiary/aromatic N) is 4. The van der Waals surface area contributed by atoms with Gasteiger partial charge in [-0.15, -0.1) is 0 Å². The monoisotopic (exact) mass is 395 g/mol. The Labute approximate surface area is 173 Å². The second kappa shape index (κ2) is 7.57. The first kappa shape index (κ1) is 18.3. The van der Waals surface area contributed by atoms with E-state index in [4.69, 9.17) is 4.98 Å². The van der Waals surface area contributed by atoms with Gasteiger partial charge in [0.15, 0.2) is 0 Å². The third-order valence-electron chi connectivity index (χ3n) is 5.18. The minimum atomic E-state index is -0.108. The largest absolute Gasteiger partial charge is 0.309 e. The van der Waals surface area contributed by atoms with Crippen LogP contribution in [0.4, 0.5) is 0 Å². The molecule has 0 saturated heterocycles. The molecule has 3 aromatic heterocycles. The third-order valence-corrected chi connectivity index (χ3v) is 5.18. The van der Waals surface area contributed by atoms with Gasteiger partial charge in [0.05, 0.1) is 28.8 Å². The molecule has 3 heterocycles. The van der Waals surface area contributed by atoms with Crippen molar-refractivity contribution in [1.82, 2.24) is 24.3 Å². The van der Waals surface area contributed by atoms with E-state index in [0.29, 0.717) is 29.8 Å². The zero-order valence-corrected chi connectivity index (χ0v) is 16.6. The lowest BCUT2D eigenvalue weighted by atomic mass is 10.1. The Bertz CT molecular complexity index is 1390. The number of H-pyrrole nitrogens is 1. The van der Waals surface area contributed by atoms with E-state index >= 15 is 0 Å².